The number of rotatable bonds is 16. The monoisotopic (exact) mass is 478 g/mol. The van der Waals surface area contributed by atoms with Gasteiger partial charge in [-0.15, -0.1) is 0 Å². The van der Waals surface area contributed by atoms with E-state index in [1.807, 2.05) is 27.7 Å². The summed E-state index contributed by atoms with van der Waals surface area (Å²) in [6.45, 7) is 9.88. The van der Waals surface area contributed by atoms with Crippen LogP contribution in [-0.2, 0) is 19.1 Å². The first kappa shape index (κ1) is 33.3. The summed E-state index contributed by atoms with van der Waals surface area (Å²) in [4.78, 5) is 22.3. The lowest BCUT2D eigenvalue weighted by molar-refractivity contribution is -0.145. The number of nitrogens with zero attached hydrogens (tertiary/aromatic N) is 6. The Morgan fingerprint density at radius 3 is 1.26 bits per heavy atom. The molecule has 0 bridgehead atoms. The van der Waals surface area contributed by atoms with Crippen LogP contribution < -0.4 is 0 Å². The summed E-state index contributed by atoms with van der Waals surface area (Å²) in [6.07, 6.45) is 4.66. The molecule has 34 heavy (non-hydrogen) atoms. The van der Waals surface area contributed by atoms with Gasteiger partial charge in [0.1, 0.15) is 0 Å². The normalized spacial score (nSPS) is 14.2. The predicted molar refractivity (Wildman–Crippen MR) is 129 cm³/mol. The van der Waals surface area contributed by atoms with Crippen molar-refractivity contribution in [3.05, 3.63) is 0 Å². The number of hydrogen-bond acceptors (Lipinski definition) is 10. The molecule has 0 aliphatic rings. The molecule has 4 atom stereocenters. The van der Waals surface area contributed by atoms with E-state index in [1.54, 1.807) is 0 Å². The molecule has 0 aromatic rings. The fourth-order valence-electron chi connectivity index (χ4n) is 2.49. The van der Waals surface area contributed by atoms with E-state index in [9.17, 15) is 9.59 Å². The minimum atomic E-state index is -0.182. The van der Waals surface area contributed by atoms with Gasteiger partial charge in [0.25, 0.3) is 0 Å². The lowest BCUT2D eigenvalue weighted by atomic mass is 10.1. The van der Waals surface area contributed by atoms with Gasteiger partial charge in [0.05, 0.1) is 64.4 Å². The van der Waals surface area contributed by atoms with Crippen molar-refractivity contribution in [2.45, 2.75) is 66.2 Å². The van der Waals surface area contributed by atoms with E-state index in [1.165, 1.54) is 14.2 Å². The van der Waals surface area contributed by atoms with E-state index >= 15 is 0 Å². The average molecular weight is 479 g/mol. The summed E-state index contributed by atoms with van der Waals surface area (Å²) in [5.74, 6) is -0.441. The van der Waals surface area contributed by atoms with Crippen molar-refractivity contribution >= 4 is 11.9 Å². The first-order valence-electron chi connectivity index (χ1n) is 11.8. The van der Waals surface area contributed by atoms with Crippen LogP contribution in [0.25, 0.3) is 0 Å². The molecule has 0 saturated heterocycles. The molecule has 192 valence electrons. The topological polar surface area (TPSA) is 150 Å². The molecule has 0 radical (unpaired) electrons. The molecule has 0 spiro atoms. The quantitative estimate of drug-likeness (QED) is 0.170. The molecule has 0 N–H and O–H groups in total. The van der Waals surface area contributed by atoms with Gasteiger partial charge in [0, 0.05) is 11.8 Å². The molecular weight excluding hydrogens is 436 g/mol. The Balaban J connectivity index is 0. The van der Waals surface area contributed by atoms with Gasteiger partial charge in [-0.2, -0.15) is 31.0 Å². The highest BCUT2D eigenvalue weighted by molar-refractivity contribution is 5.72. The number of carbonyl (C=O) groups excluding carboxylic acids is 2. The van der Waals surface area contributed by atoms with E-state index in [0.29, 0.717) is 26.2 Å². The van der Waals surface area contributed by atoms with Crippen molar-refractivity contribution in [3.63, 3.8) is 0 Å². The molecule has 0 amide bonds. The fourth-order valence-corrected chi connectivity index (χ4v) is 2.49. The maximum absolute atomic E-state index is 11.1. The molecule has 0 aromatic heterocycles. The second-order valence-corrected chi connectivity index (χ2v) is 8.23. The molecule has 0 rings (SSSR count). The van der Waals surface area contributed by atoms with Crippen molar-refractivity contribution in [2.75, 3.05) is 40.4 Å². The van der Waals surface area contributed by atoms with Crippen LogP contribution in [0.5, 0.6) is 0 Å². The summed E-state index contributed by atoms with van der Waals surface area (Å²) < 4.78 is 9.28. The second kappa shape index (κ2) is 23.3. The van der Waals surface area contributed by atoms with Crippen molar-refractivity contribution in [1.82, 2.24) is 0 Å². The number of azo groups is 2. The van der Waals surface area contributed by atoms with Crippen LogP contribution in [-0.4, -0.2) is 52.3 Å². The molecule has 0 heterocycles. The van der Waals surface area contributed by atoms with E-state index < -0.39 is 0 Å². The Kier molecular flexibility index (Phi) is 22.8. The van der Waals surface area contributed by atoms with Crippen LogP contribution in [0.15, 0.2) is 20.5 Å². The Labute approximate surface area is 204 Å². The van der Waals surface area contributed by atoms with Gasteiger partial charge in [-0.05, 0) is 52.4 Å². The molecule has 0 fully saturated rings. The van der Waals surface area contributed by atoms with E-state index in [-0.39, 0.29) is 35.6 Å². The zero-order chi connectivity index (χ0) is 26.2. The third kappa shape index (κ3) is 21.0. The van der Waals surface area contributed by atoms with Crippen molar-refractivity contribution < 1.29 is 19.1 Å². The number of carbonyl (C=O) groups is 2. The lowest BCUT2D eigenvalue weighted by Gasteiger charge is -2.07. The Morgan fingerprint density at radius 2 is 0.971 bits per heavy atom. The van der Waals surface area contributed by atoms with Gasteiger partial charge in [-0.3, -0.25) is 9.59 Å². The van der Waals surface area contributed by atoms with Gasteiger partial charge in [0.2, 0.25) is 0 Å². The number of ether oxygens (including phenoxy) is 2. The van der Waals surface area contributed by atoms with Gasteiger partial charge >= 0.3 is 11.9 Å². The largest absolute Gasteiger partial charge is 0.469 e. The van der Waals surface area contributed by atoms with Crippen LogP contribution >= 0.6 is 0 Å². The maximum Gasteiger partial charge on any atom is 0.308 e. The first-order chi connectivity index (χ1) is 16.2. The summed E-state index contributed by atoms with van der Waals surface area (Å²) in [5, 5.41) is 32.9. The highest BCUT2D eigenvalue weighted by Gasteiger charge is 2.12. The smallest absolute Gasteiger partial charge is 0.308 e. The third-order valence-corrected chi connectivity index (χ3v) is 4.96. The standard InChI is InChI=1S/C14H26N2O4.C10H16N4/c1-11(13(17)19-3)7-5-9-15-16-10-6-8-12(2)14(18)20-4;1-9(7-11)3-5-13-14-6-4-10(2)8-12/h11-12H,5-10H2,1-4H3;9-10H,3-6H2,1-2H3. The summed E-state index contributed by atoms with van der Waals surface area (Å²) in [5.41, 5.74) is 0. The zero-order valence-corrected chi connectivity index (χ0v) is 21.7. The highest BCUT2D eigenvalue weighted by Crippen LogP contribution is 2.09. The SMILES string of the molecule is CC(C#N)CCN=NCCC(C)C#N.COC(=O)C(C)CCCN=NCCCC(C)C(=O)OC. The van der Waals surface area contributed by atoms with Crippen LogP contribution in [0.4, 0.5) is 0 Å². The number of nitriles is 2. The summed E-state index contributed by atoms with van der Waals surface area (Å²) >= 11 is 0. The molecule has 10 heteroatoms. The Bertz CT molecular complexity index is 628. The van der Waals surface area contributed by atoms with Gasteiger partial charge in [-0.25, -0.2) is 0 Å². The van der Waals surface area contributed by atoms with Crippen molar-refractivity contribution in [1.29, 1.82) is 10.5 Å². The fraction of sp³-hybridized carbons (Fsp3) is 0.833. The van der Waals surface area contributed by atoms with Gasteiger partial charge in [0.15, 0.2) is 0 Å². The Morgan fingerprint density at radius 1 is 0.647 bits per heavy atom. The van der Waals surface area contributed by atoms with Gasteiger partial charge in [-0.1, -0.05) is 13.8 Å². The van der Waals surface area contributed by atoms with E-state index in [4.69, 9.17) is 10.5 Å². The van der Waals surface area contributed by atoms with Crippen LogP contribution in [0.2, 0.25) is 0 Å². The first-order valence-corrected chi connectivity index (χ1v) is 11.8. The number of hydrogen-bond donors (Lipinski definition) is 0. The number of methoxy groups -OCH3 is 2. The average Bonchev–Trinajstić information content (AvgIpc) is 2.85. The minimum absolute atomic E-state index is 0.0481. The lowest BCUT2D eigenvalue weighted by Crippen LogP contribution is -2.12. The van der Waals surface area contributed by atoms with Crippen molar-refractivity contribution in [3.8, 4) is 12.1 Å². The summed E-state index contributed by atoms with van der Waals surface area (Å²) in [7, 11) is 2.79. The second-order valence-electron chi connectivity index (χ2n) is 8.23. The van der Waals surface area contributed by atoms with Crippen LogP contribution in [0, 0.1) is 46.3 Å². The predicted octanol–water partition coefficient (Wildman–Crippen LogP) is 5.16. The van der Waals surface area contributed by atoms with E-state index in [0.717, 1.165) is 38.5 Å². The third-order valence-electron chi connectivity index (χ3n) is 4.96. The number of esters is 2. The van der Waals surface area contributed by atoms with Gasteiger partial charge < -0.3 is 9.47 Å². The van der Waals surface area contributed by atoms with Crippen molar-refractivity contribution in [2.24, 2.45) is 44.1 Å². The molecule has 4 unspecified atom stereocenters. The summed E-state index contributed by atoms with van der Waals surface area (Å²) in [6, 6.07) is 4.28. The molecule has 10 nitrogen and oxygen atoms in total. The molecular formula is C24H42N6O4. The zero-order valence-electron chi connectivity index (χ0n) is 21.7. The molecule has 0 saturated carbocycles. The molecule has 0 aromatic carbocycles. The van der Waals surface area contributed by atoms with Crippen LogP contribution in [0.1, 0.15) is 66.2 Å². The molecule has 0 aliphatic carbocycles. The highest BCUT2D eigenvalue weighted by atomic mass is 16.5. The Hall–Kier alpha value is -2.88. The van der Waals surface area contributed by atoms with E-state index in [2.05, 4.69) is 42.1 Å². The maximum atomic E-state index is 11.1. The molecule has 0 aliphatic heterocycles. The minimum Gasteiger partial charge on any atom is -0.469 e. The van der Waals surface area contributed by atoms with Crippen LogP contribution in [0.3, 0.4) is 0 Å².